The Balaban J connectivity index is 1.47. The van der Waals surface area contributed by atoms with Crippen LogP contribution >= 0.6 is 0 Å². The molecule has 0 radical (unpaired) electrons. The monoisotopic (exact) mass is 502 g/mol. The summed E-state index contributed by atoms with van der Waals surface area (Å²) in [5.41, 5.74) is 8.47. The molecule has 1 aliphatic rings. The first-order valence-corrected chi connectivity index (χ1v) is 12.9. The molecule has 0 spiro atoms. The van der Waals surface area contributed by atoms with Crippen molar-refractivity contribution in [3.8, 4) is 22.8 Å². The summed E-state index contributed by atoms with van der Waals surface area (Å²) in [6.45, 7) is 2.66. The van der Waals surface area contributed by atoms with Gasteiger partial charge in [0.25, 0.3) is 5.91 Å². The lowest BCUT2D eigenvalue weighted by Gasteiger charge is -2.27. The van der Waals surface area contributed by atoms with Crippen LogP contribution in [0.5, 0.6) is 11.5 Å². The molecule has 1 aliphatic heterocycles. The molecule has 0 saturated carbocycles. The van der Waals surface area contributed by atoms with Gasteiger partial charge in [0.15, 0.2) is 11.5 Å². The van der Waals surface area contributed by atoms with E-state index >= 15 is 0 Å². The van der Waals surface area contributed by atoms with Crippen LogP contribution in [-0.4, -0.2) is 36.6 Å². The Hall–Kier alpha value is -4.51. The molecular weight excluding hydrogens is 472 g/mol. The molecule has 2 heterocycles. The minimum atomic E-state index is -0.203. The maximum atomic E-state index is 13.8. The summed E-state index contributed by atoms with van der Waals surface area (Å²) in [7, 11) is 3.27. The first-order valence-electron chi connectivity index (χ1n) is 12.9. The number of hydrogen-bond acceptors (Lipinski definition) is 3. The van der Waals surface area contributed by atoms with E-state index in [1.54, 1.807) is 14.2 Å². The highest BCUT2D eigenvalue weighted by molar-refractivity contribution is 6.02. The molecule has 5 aromatic rings. The number of aromatic amines is 1. The van der Waals surface area contributed by atoms with Gasteiger partial charge in [-0.1, -0.05) is 72.3 Å². The summed E-state index contributed by atoms with van der Waals surface area (Å²) in [5, 5.41) is 1.13. The second kappa shape index (κ2) is 9.75. The lowest BCUT2D eigenvalue weighted by atomic mass is 9.93. The van der Waals surface area contributed by atoms with Crippen molar-refractivity contribution in [2.24, 2.45) is 0 Å². The predicted octanol–water partition coefficient (Wildman–Crippen LogP) is 6.95. The average Bonchev–Trinajstić information content (AvgIpc) is 3.47. The lowest BCUT2D eigenvalue weighted by Crippen LogP contribution is -2.31. The molecule has 0 fully saturated rings. The first-order chi connectivity index (χ1) is 18.6. The Kier molecular flexibility index (Phi) is 6.12. The summed E-state index contributed by atoms with van der Waals surface area (Å²) >= 11 is 0. The number of carbonyl (C=O) groups is 1. The number of benzene rings is 4. The normalized spacial score (nSPS) is 14.7. The van der Waals surface area contributed by atoms with E-state index in [4.69, 9.17) is 9.47 Å². The second-order valence-electron chi connectivity index (χ2n) is 9.75. The number of aryl methyl sites for hydroxylation is 1. The van der Waals surface area contributed by atoms with Gasteiger partial charge in [0.05, 0.1) is 26.0 Å². The number of ether oxygens (including phenoxy) is 2. The van der Waals surface area contributed by atoms with Crippen molar-refractivity contribution >= 4 is 16.8 Å². The number of rotatable bonds is 7. The van der Waals surface area contributed by atoms with E-state index in [0.717, 1.165) is 44.4 Å². The number of carbonyl (C=O) groups excluding carboxylic acids is 1. The topological polar surface area (TPSA) is 54.6 Å². The summed E-state index contributed by atoms with van der Waals surface area (Å²) in [5.74, 6) is 1.45. The van der Waals surface area contributed by atoms with Gasteiger partial charge in [-0.25, -0.2) is 0 Å². The summed E-state index contributed by atoms with van der Waals surface area (Å²) in [4.78, 5) is 19.5. The predicted molar refractivity (Wildman–Crippen MR) is 151 cm³/mol. The minimum absolute atomic E-state index is 0.0613. The molecule has 5 nitrogen and oxygen atoms in total. The van der Waals surface area contributed by atoms with Gasteiger partial charge in [0.2, 0.25) is 0 Å². The number of para-hydroxylation sites is 1. The highest BCUT2D eigenvalue weighted by Crippen LogP contribution is 2.45. The molecule has 6 rings (SSSR count). The SMILES string of the molecule is COc1ccc(CCN2C(=O)c3ccccc3[C@@H]2c2c(-c3ccc(C)cc3)[nH]c3ccccc23)cc1OC. The smallest absolute Gasteiger partial charge is 0.255 e. The first kappa shape index (κ1) is 23.9. The molecule has 190 valence electrons. The van der Waals surface area contributed by atoms with Crippen molar-refractivity contribution < 1.29 is 14.3 Å². The molecule has 0 aliphatic carbocycles. The van der Waals surface area contributed by atoms with Crippen LogP contribution in [0.1, 0.15) is 38.7 Å². The van der Waals surface area contributed by atoms with Crippen molar-refractivity contribution in [2.75, 3.05) is 20.8 Å². The Labute approximate surface area is 222 Å². The van der Waals surface area contributed by atoms with Crippen LogP contribution < -0.4 is 9.47 Å². The molecule has 38 heavy (non-hydrogen) atoms. The second-order valence-corrected chi connectivity index (χ2v) is 9.75. The third kappa shape index (κ3) is 4.01. The molecule has 0 bridgehead atoms. The largest absolute Gasteiger partial charge is 0.493 e. The van der Waals surface area contributed by atoms with Crippen LogP contribution in [0.3, 0.4) is 0 Å². The summed E-state index contributed by atoms with van der Waals surface area (Å²) in [6, 6.07) is 30.7. The van der Waals surface area contributed by atoms with Crippen molar-refractivity contribution in [3.05, 3.63) is 119 Å². The van der Waals surface area contributed by atoms with Gasteiger partial charge in [0.1, 0.15) is 0 Å². The van der Waals surface area contributed by atoms with Crippen LogP contribution in [0.4, 0.5) is 0 Å². The third-order valence-electron chi connectivity index (χ3n) is 7.51. The van der Waals surface area contributed by atoms with Gasteiger partial charge >= 0.3 is 0 Å². The quantitative estimate of drug-likeness (QED) is 0.262. The van der Waals surface area contributed by atoms with Gasteiger partial charge in [-0.3, -0.25) is 4.79 Å². The van der Waals surface area contributed by atoms with Crippen molar-refractivity contribution in [1.82, 2.24) is 9.88 Å². The summed E-state index contributed by atoms with van der Waals surface area (Å²) in [6.07, 6.45) is 0.693. The number of aromatic nitrogens is 1. The molecule has 1 N–H and O–H groups in total. The fourth-order valence-electron chi connectivity index (χ4n) is 5.59. The average molecular weight is 503 g/mol. The standard InChI is InChI=1S/C33H30N2O3/c1-21-12-15-23(16-13-21)31-30(26-10-6-7-11-27(26)34-31)32-24-8-4-5-9-25(24)33(36)35(32)19-18-22-14-17-28(37-2)29(20-22)38-3/h4-17,20,32,34H,18-19H2,1-3H3/t32-/m1/s1. The molecular formula is C33H30N2O3. The highest BCUT2D eigenvalue weighted by Gasteiger charge is 2.39. The molecule has 1 atom stereocenters. The highest BCUT2D eigenvalue weighted by atomic mass is 16.5. The van der Waals surface area contributed by atoms with E-state index in [1.165, 1.54) is 5.56 Å². The lowest BCUT2D eigenvalue weighted by molar-refractivity contribution is 0.0753. The third-order valence-corrected chi connectivity index (χ3v) is 7.51. The molecule has 4 aromatic carbocycles. The Morgan fingerprint density at radius 1 is 0.842 bits per heavy atom. The van der Waals surface area contributed by atoms with E-state index in [0.29, 0.717) is 24.5 Å². The summed E-state index contributed by atoms with van der Waals surface area (Å²) < 4.78 is 10.9. The number of hydrogen-bond donors (Lipinski definition) is 1. The molecule has 0 unspecified atom stereocenters. The fourth-order valence-corrected chi connectivity index (χ4v) is 5.59. The van der Waals surface area contributed by atoms with Gasteiger partial charge < -0.3 is 19.4 Å². The number of fused-ring (bicyclic) bond motifs is 2. The Morgan fingerprint density at radius 3 is 2.37 bits per heavy atom. The molecule has 1 amide bonds. The van der Waals surface area contributed by atoms with Gasteiger partial charge in [-0.2, -0.15) is 0 Å². The van der Waals surface area contributed by atoms with Crippen LogP contribution in [0.15, 0.2) is 91.0 Å². The number of amides is 1. The van der Waals surface area contributed by atoms with Gasteiger partial charge in [-0.05, 0) is 54.3 Å². The minimum Gasteiger partial charge on any atom is -0.493 e. The fraction of sp³-hybridized carbons (Fsp3) is 0.182. The molecule has 1 aromatic heterocycles. The number of nitrogens with zero attached hydrogens (tertiary/aromatic N) is 1. The number of nitrogens with one attached hydrogen (secondary N) is 1. The molecule has 5 heteroatoms. The van der Waals surface area contributed by atoms with Crippen LogP contribution in [-0.2, 0) is 6.42 Å². The van der Waals surface area contributed by atoms with E-state index < -0.39 is 0 Å². The van der Waals surface area contributed by atoms with E-state index in [9.17, 15) is 4.79 Å². The van der Waals surface area contributed by atoms with E-state index in [-0.39, 0.29) is 11.9 Å². The Morgan fingerprint density at radius 2 is 1.58 bits per heavy atom. The van der Waals surface area contributed by atoms with Crippen molar-refractivity contribution in [3.63, 3.8) is 0 Å². The zero-order valence-corrected chi connectivity index (χ0v) is 21.8. The van der Waals surface area contributed by atoms with Crippen molar-refractivity contribution in [2.45, 2.75) is 19.4 Å². The zero-order valence-electron chi connectivity index (χ0n) is 21.8. The van der Waals surface area contributed by atoms with Crippen LogP contribution in [0.2, 0.25) is 0 Å². The Bertz CT molecular complexity index is 1630. The zero-order chi connectivity index (χ0) is 26.2. The van der Waals surface area contributed by atoms with Gasteiger partial charge in [-0.15, -0.1) is 0 Å². The van der Waals surface area contributed by atoms with E-state index in [1.807, 2.05) is 47.4 Å². The molecule has 0 saturated heterocycles. The van der Waals surface area contributed by atoms with Gasteiger partial charge in [0, 0.05) is 28.6 Å². The van der Waals surface area contributed by atoms with E-state index in [2.05, 4.69) is 60.4 Å². The van der Waals surface area contributed by atoms with Crippen LogP contribution in [0, 0.1) is 6.92 Å². The maximum absolute atomic E-state index is 13.8. The number of methoxy groups -OCH3 is 2. The maximum Gasteiger partial charge on any atom is 0.255 e. The van der Waals surface area contributed by atoms with Crippen LogP contribution in [0.25, 0.3) is 22.2 Å². The number of H-pyrrole nitrogens is 1. The van der Waals surface area contributed by atoms with Crippen molar-refractivity contribution in [1.29, 1.82) is 0 Å².